The number of thiophene rings is 1. The lowest BCUT2D eigenvalue weighted by Gasteiger charge is -2.04. The summed E-state index contributed by atoms with van der Waals surface area (Å²) >= 11 is 1.34. The maximum absolute atomic E-state index is 11.6. The molecule has 1 aliphatic rings. The number of nitrogens with two attached hydrogens (primary N) is 1. The number of nitrogens with one attached hydrogen (secondary N) is 2. The van der Waals surface area contributed by atoms with Crippen LogP contribution in [0.1, 0.15) is 22.5 Å². The highest BCUT2D eigenvalue weighted by Gasteiger charge is 2.27. The van der Waals surface area contributed by atoms with E-state index in [9.17, 15) is 4.79 Å². The van der Waals surface area contributed by atoms with Gasteiger partial charge in [-0.2, -0.15) is 0 Å². The van der Waals surface area contributed by atoms with Crippen molar-refractivity contribution < 1.29 is 9.53 Å². The van der Waals surface area contributed by atoms with Gasteiger partial charge in [-0.05, 0) is 12.8 Å². The van der Waals surface area contributed by atoms with E-state index in [2.05, 4.69) is 10.6 Å². The van der Waals surface area contributed by atoms with Crippen LogP contribution in [0.15, 0.2) is 0 Å². The van der Waals surface area contributed by atoms with E-state index < -0.39 is 0 Å². The summed E-state index contributed by atoms with van der Waals surface area (Å²) in [6.45, 7) is 0. The number of nitrogen functional groups attached to an aromatic ring is 1. The monoisotopic (exact) mass is 241 g/mol. The minimum Gasteiger partial charge on any atom is -0.492 e. The Morgan fingerprint density at radius 3 is 2.75 bits per heavy atom. The number of anilines is 2. The van der Waals surface area contributed by atoms with Gasteiger partial charge in [0.15, 0.2) is 5.75 Å². The summed E-state index contributed by atoms with van der Waals surface area (Å²) in [6, 6.07) is 0.504. The number of carbonyl (C=O) groups excluding carboxylic acids is 1. The van der Waals surface area contributed by atoms with Crippen molar-refractivity contribution in [2.45, 2.75) is 18.9 Å². The van der Waals surface area contributed by atoms with Gasteiger partial charge in [-0.3, -0.25) is 4.79 Å². The molecule has 0 spiro atoms. The summed E-state index contributed by atoms with van der Waals surface area (Å²) in [5.74, 6) is 0.403. The molecule has 2 rings (SSSR count). The zero-order valence-corrected chi connectivity index (χ0v) is 10.1. The van der Waals surface area contributed by atoms with Crippen molar-refractivity contribution in [3.05, 3.63) is 4.88 Å². The van der Waals surface area contributed by atoms with E-state index in [0.717, 1.165) is 17.8 Å². The highest BCUT2D eigenvalue weighted by Crippen LogP contribution is 2.44. The van der Waals surface area contributed by atoms with E-state index in [1.54, 1.807) is 14.2 Å². The number of hydrogen-bond acceptors (Lipinski definition) is 5. The van der Waals surface area contributed by atoms with Crippen LogP contribution < -0.4 is 21.1 Å². The summed E-state index contributed by atoms with van der Waals surface area (Å²) in [5.41, 5.74) is 6.28. The van der Waals surface area contributed by atoms with Gasteiger partial charge in [-0.15, -0.1) is 11.3 Å². The summed E-state index contributed by atoms with van der Waals surface area (Å²) in [5, 5.41) is 6.72. The Morgan fingerprint density at radius 2 is 2.25 bits per heavy atom. The molecule has 6 heteroatoms. The van der Waals surface area contributed by atoms with Gasteiger partial charge in [0, 0.05) is 13.1 Å². The fraction of sp³-hybridized carbons (Fsp3) is 0.500. The first kappa shape index (κ1) is 11.1. The Labute approximate surface area is 98.0 Å². The molecule has 5 nitrogen and oxygen atoms in total. The number of amides is 1. The molecule has 1 aliphatic carbocycles. The number of hydrogen-bond donors (Lipinski definition) is 3. The zero-order chi connectivity index (χ0) is 11.7. The van der Waals surface area contributed by atoms with Crippen LogP contribution >= 0.6 is 11.3 Å². The number of methoxy groups -OCH3 is 1. The van der Waals surface area contributed by atoms with Gasteiger partial charge in [-0.1, -0.05) is 0 Å². The molecule has 4 N–H and O–H groups in total. The van der Waals surface area contributed by atoms with Gasteiger partial charge in [0.05, 0.1) is 7.11 Å². The normalized spacial score (nSPS) is 14.6. The molecule has 1 heterocycles. The van der Waals surface area contributed by atoms with Crippen molar-refractivity contribution in [3.63, 3.8) is 0 Å². The topological polar surface area (TPSA) is 76.4 Å². The lowest BCUT2D eigenvalue weighted by molar-refractivity contribution is 0.0967. The lowest BCUT2D eigenvalue weighted by Crippen LogP contribution is -2.17. The van der Waals surface area contributed by atoms with Crippen LogP contribution in [-0.4, -0.2) is 26.1 Å². The van der Waals surface area contributed by atoms with Crippen LogP contribution in [-0.2, 0) is 0 Å². The summed E-state index contributed by atoms with van der Waals surface area (Å²) in [7, 11) is 3.14. The van der Waals surface area contributed by atoms with E-state index in [1.807, 2.05) is 0 Å². The van der Waals surface area contributed by atoms with Crippen LogP contribution in [0.4, 0.5) is 10.7 Å². The minimum atomic E-state index is -0.176. The third kappa shape index (κ3) is 1.92. The molecule has 0 saturated heterocycles. The first-order chi connectivity index (χ1) is 7.67. The first-order valence-electron chi connectivity index (χ1n) is 5.12. The molecule has 1 aromatic rings. The molecule has 0 unspecified atom stereocenters. The van der Waals surface area contributed by atoms with Gasteiger partial charge in [0.25, 0.3) is 5.91 Å². The second kappa shape index (κ2) is 4.21. The van der Waals surface area contributed by atoms with Gasteiger partial charge < -0.3 is 21.1 Å². The van der Waals surface area contributed by atoms with Crippen LogP contribution in [0.25, 0.3) is 0 Å². The predicted molar refractivity (Wildman–Crippen MR) is 65.3 cm³/mol. The van der Waals surface area contributed by atoms with Crippen molar-refractivity contribution in [1.82, 2.24) is 5.32 Å². The summed E-state index contributed by atoms with van der Waals surface area (Å²) in [6.07, 6.45) is 2.33. The molecule has 1 aromatic heterocycles. The van der Waals surface area contributed by atoms with Crippen LogP contribution in [0.2, 0.25) is 0 Å². The largest absolute Gasteiger partial charge is 0.492 e. The summed E-state index contributed by atoms with van der Waals surface area (Å²) in [4.78, 5) is 12.1. The third-order valence-electron chi connectivity index (χ3n) is 2.45. The molecule has 0 bridgehead atoms. The van der Waals surface area contributed by atoms with Crippen molar-refractivity contribution in [3.8, 4) is 5.75 Å². The molecule has 1 fully saturated rings. The lowest BCUT2D eigenvalue weighted by atomic mass is 10.3. The van der Waals surface area contributed by atoms with Crippen molar-refractivity contribution in [1.29, 1.82) is 0 Å². The maximum atomic E-state index is 11.6. The number of rotatable bonds is 4. The fourth-order valence-electron chi connectivity index (χ4n) is 1.42. The molecule has 0 aromatic carbocycles. The number of ether oxygens (including phenoxy) is 1. The number of carbonyl (C=O) groups is 1. The average Bonchev–Trinajstić information content (AvgIpc) is 3.03. The Morgan fingerprint density at radius 1 is 1.56 bits per heavy atom. The zero-order valence-electron chi connectivity index (χ0n) is 9.29. The van der Waals surface area contributed by atoms with Crippen molar-refractivity contribution in [2.75, 3.05) is 25.2 Å². The van der Waals surface area contributed by atoms with Gasteiger partial charge in [0.2, 0.25) is 0 Å². The SMILES string of the molecule is CNC(=O)c1sc(NC2CC2)c(OC)c1N. The van der Waals surface area contributed by atoms with Gasteiger partial charge in [-0.25, -0.2) is 0 Å². The van der Waals surface area contributed by atoms with E-state index in [-0.39, 0.29) is 5.91 Å². The summed E-state index contributed by atoms with van der Waals surface area (Å²) < 4.78 is 5.22. The van der Waals surface area contributed by atoms with E-state index in [0.29, 0.717) is 22.4 Å². The molecule has 1 amide bonds. The molecule has 0 radical (unpaired) electrons. The second-order valence-corrected chi connectivity index (χ2v) is 4.73. The van der Waals surface area contributed by atoms with Crippen molar-refractivity contribution in [2.24, 2.45) is 0 Å². The Bertz CT molecular complexity index is 412. The molecular weight excluding hydrogens is 226 g/mol. The molecule has 0 atom stereocenters. The maximum Gasteiger partial charge on any atom is 0.263 e. The predicted octanol–water partition coefficient (Wildman–Crippen LogP) is 1.27. The van der Waals surface area contributed by atoms with E-state index in [1.165, 1.54) is 11.3 Å². The Kier molecular flexibility index (Phi) is 2.91. The molecule has 1 saturated carbocycles. The molecule has 88 valence electrons. The van der Waals surface area contributed by atoms with Crippen LogP contribution in [0, 0.1) is 0 Å². The quantitative estimate of drug-likeness (QED) is 0.742. The standard InChI is InChI=1S/C10H15N3O2S/c1-12-9(14)8-6(11)7(15-2)10(16-8)13-5-3-4-5/h5,13H,3-4,11H2,1-2H3,(H,12,14). The second-order valence-electron chi connectivity index (χ2n) is 3.70. The van der Waals surface area contributed by atoms with Gasteiger partial charge >= 0.3 is 0 Å². The van der Waals surface area contributed by atoms with Crippen LogP contribution in [0.5, 0.6) is 5.75 Å². The highest BCUT2D eigenvalue weighted by molar-refractivity contribution is 7.19. The Balaban J connectivity index is 2.32. The van der Waals surface area contributed by atoms with E-state index in [4.69, 9.17) is 10.5 Å². The smallest absolute Gasteiger partial charge is 0.263 e. The molecular formula is C10H15N3O2S. The van der Waals surface area contributed by atoms with E-state index >= 15 is 0 Å². The van der Waals surface area contributed by atoms with Gasteiger partial charge in [0.1, 0.15) is 15.6 Å². The minimum absolute atomic E-state index is 0.176. The highest BCUT2D eigenvalue weighted by atomic mass is 32.1. The Hall–Kier alpha value is -1.43. The van der Waals surface area contributed by atoms with Crippen LogP contribution in [0.3, 0.4) is 0 Å². The molecule has 16 heavy (non-hydrogen) atoms. The first-order valence-corrected chi connectivity index (χ1v) is 5.94. The fourth-order valence-corrected chi connectivity index (χ4v) is 2.53. The van der Waals surface area contributed by atoms with Crippen molar-refractivity contribution >= 4 is 27.9 Å². The average molecular weight is 241 g/mol. The third-order valence-corrected chi connectivity index (χ3v) is 3.57. The molecule has 0 aliphatic heterocycles.